The number of piperidine rings is 1. The highest BCUT2D eigenvalue weighted by atomic mass is 35.5. The quantitative estimate of drug-likeness (QED) is 0.603. The average molecular weight is 473 g/mol. The Hall–Kier alpha value is -1.76. The van der Waals surface area contributed by atoms with Crippen molar-refractivity contribution in [1.29, 1.82) is 0 Å². The first kappa shape index (κ1) is 23.4. The first-order valence-corrected chi connectivity index (χ1v) is 13.2. The Morgan fingerprint density at radius 1 is 1.19 bits per heavy atom. The van der Waals surface area contributed by atoms with Crippen molar-refractivity contribution in [3.63, 3.8) is 0 Å². The van der Waals surface area contributed by atoms with Gasteiger partial charge in [-0.2, -0.15) is 11.8 Å². The van der Waals surface area contributed by atoms with Gasteiger partial charge >= 0.3 is 0 Å². The van der Waals surface area contributed by atoms with Gasteiger partial charge in [0.15, 0.2) is 0 Å². The summed E-state index contributed by atoms with van der Waals surface area (Å²) >= 11 is 8.39. The molecule has 1 amide bonds. The van der Waals surface area contributed by atoms with E-state index >= 15 is 0 Å². The van der Waals surface area contributed by atoms with Crippen LogP contribution in [0, 0.1) is 6.92 Å². The zero-order valence-corrected chi connectivity index (χ0v) is 20.6. The second-order valence-corrected chi connectivity index (χ2v) is 10.4. The maximum absolute atomic E-state index is 13.2. The van der Waals surface area contributed by atoms with E-state index < -0.39 is 0 Å². The van der Waals surface area contributed by atoms with Crippen molar-refractivity contribution < 1.29 is 4.79 Å². The summed E-state index contributed by atoms with van der Waals surface area (Å²) in [5, 5.41) is 3.51. The molecule has 1 aromatic carbocycles. The standard InChI is InChI=1S/C25H33ClN4OS/c1-3-30(21-8-12-29(13-9-21)20-10-14-32-15-11-20)23-6-5-19(26)16-22(23)25(31)28-24-7-4-18(2)17-27-24/h4-7,16-17,20-21H,3,8-15H2,1-2H3,(H,27,28,31). The van der Waals surface area contributed by atoms with Gasteiger partial charge in [0.1, 0.15) is 5.82 Å². The van der Waals surface area contributed by atoms with Crippen LogP contribution in [0.4, 0.5) is 11.5 Å². The molecule has 2 aliphatic rings. The SMILES string of the molecule is CCN(c1ccc(Cl)cc1C(=O)Nc1ccc(C)cn1)C1CCN(C2CCSCC2)CC1. The van der Waals surface area contributed by atoms with Crippen LogP contribution in [0.25, 0.3) is 0 Å². The van der Waals surface area contributed by atoms with Crippen LogP contribution in [0.3, 0.4) is 0 Å². The van der Waals surface area contributed by atoms with E-state index in [-0.39, 0.29) is 5.91 Å². The molecule has 2 aliphatic heterocycles. The first-order chi connectivity index (χ1) is 15.5. The van der Waals surface area contributed by atoms with Gasteiger partial charge < -0.3 is 15.1 Å². The molecule has 1 aromatic heterocycles. The van der Waals surface area contributed by atoms with Gasteiger partial charge in [-0.3, -0.25) is 4.79 Å². The van der Waals surface area contributed by atoms with Crippen molar-refractivity contribution in [3.8, 4) is 0 Å². The number of rotatable bonds is 6. The van der Waals surface area contributed by atoms with E-state index in [1.165, 1.54) is 24.3 Å². The van der Waals surface area contributed by atoms with Crippen LogP contribution < -0.4 is 10.2 Å². The molecule has 0 saturated carbocycles. The summed E-state index contributed by atoms with van der Waals surface area (Å²) in [6, 6.07) is 10.6. The predicted molar refractivity (Wildman–Crippen MR) is 136 cm³/mol. The van der Waals surface area contributed by atoms with E-state index in [1.807, 2.05) is 31.2 Å². The fourth-order valence-electron chi connectivity index (χ4n) is 4.90. The molecule has 2 saturated heterocycles. The molecular formula is C25H33ClN4OS. The van der Waals surface area contributed by atoms with Crippen molar-refractivity contribution in [1.82, 2.24) is 9.88 Å². The van der Waals surface area contributed by atoms with E-state index in [2.05, 4.69) is 38.8 Å². The van der Waals surface area contributed by atoms with E-state index in [0.717, 1.165) is 49.8 Å². The lowest BCUT2D eigenvalue weighted by Crippen LogP contribution is -2.49. The second kappa shape index (κ2) is 10.9. The Balaban J connectivity index is 1.49. The van der Waals surface area contributed by atoms with Crippen molar-refractivity contribution in [3.05, 3.63) is 52.7 Å². The Morgan fingerprint density at radius 2 is 1.94 bits per heavy atom. The number of nitrogens with zero attached hydrogens (tertiary/aromatic N) is 3. The van der Waals surface area contributed by atoms with Gasteiger partial charge in [-0.1, -0.05) is 17.7 Å². The summed E-state index contributed by atoms with van der Waals surface area (Å²) in [6.45, 7) is 7.28. The normalized spacial score (nSPS) is 18.5. The van der Waals surface area contributed by atoms with Crippen LogP contribution >= 0.6 is 23.4 Å². The molecule has 172 valence electrons. The number of halogens is 1. The number of carbonyl (C=O) groups is 1. The highest BCUT2D eigenvalue weighted by Crippen LogP contribution is 2.31. The fourth-order valence-corrected chi connectivity index (χ4v) is 6.16. The molecule has 5 nitrogen and oxygen atoms in total. The minimum absolute atomic E-state index is 0.172. The third-order valence-corrected chi connectivity index (χ3v) is 7.94. The van der Waals surface area contributed by atoms with Crippen molar-refractivity contribution in [2.24, 2.45) is 0 Å². The molecule has 0 unspecified atom stereocenters. The van der Waals surface area contributed by atoms with Crippen molar-refractivity contribution in [2.75, 3.05) is 41.4 Å². The lowest BCUT2D eigenvalue weighted by molar-refractivity contribution is 0.102. The molecule has 0 atom stereocenters. The summed E-state index contributed by atoms with van der Waals surface area (Å²) < 4.78 is 0. The lowest BCUT2D eigenvalue weighted by Gasteiger charge is -2.43. The van der Waals surface area contributed by atoms with Gasteiger partial charge in [-0.15, -0.1) is 0 Å². The maximum atomic E-state index is 13.2. The number of nitrogens with one attached hydrogen (secondary N) is 1. The highest BCUT2D eigenvalue weighted by molar-refractivity contribution is 7.99. The predicted octanol–water partition coefficient (Wildman–Crippen LogP) is 5.48. The number of anilines is 2. The van der Waals surface area contributed by atoms with Crippen LogP contribution in [0.2, 0.25) is 5.02 Å². The summed E-state index contributed by atoms with van der Waals surface area (Å²) in [7, 11) is 0. The number of hydrogen-bond acceptors (Lipinski definition) is 5. The first-order valence-electron chi connectivity index (χ1n) is 11.7. The van der Waals surface area contributed by atoms with Crippen LogP contribution in [-0.4, -0.2) is 59.0 Å². The molecule has 3 heterocycles. The molecule has 2 aromatic rings. The van der Waals surface area contributed by atoms with Gasteiger partial charge in [-0.25, -0.2) is 4.98 Å². The number of thioether (sulfide) groups is 1. The van der Waals surface area contributed by atoms with Crippen LogP contribution in [0.15, 0.2) is 36.5 Å². The lowest BCUT2D eigenvalue weighted by atomic mass is 9.98. The molecular weight excluding hydrogens is 440 g/mol. The van der Waals surface area contributed by atoms with Crippen LogP contribution in [-0.2, 0) is 0 Å². The van der Waals surface area contributed by atoms with Gasteiger partial charge in [0.25, 0.3) is 5.91 Å². The molecule has 32 heavy (non-hydrogen) atoms. The largest absolute Gasteiger partial charge is 0.368 e. The van der Waals surface area contributed by atoms with E-state index in [1.54, 1.807) is 12.3 Å². The number of amides is 1. The highest BCUT2D eigenvalue weighted by Gasteiger charge is 2.30. The van der Waals surface area contributed by atoms with Crippen LogP contribution in [0.1, 0.15) is 48.5 Å². The minimum Gasteiger partial charge on any atom is -0.368 e. The van der Waals surface area contributed by atoms with Gasteiger partial charge in [0, 0.05) is 48.6 Å². The van der Waals surface area contributed by atoms with Crippen LogP contribution in [0.5, 0.6) is 0 Å². The van der Waals surface area contributed by atoms with Gasteiger partial charge in [0.05, 0.1) is 5.56 Å². The number of aryl methyl sites for hydroxylation is 1. The molecule has 4 rings (SSSR count). The zero-order chi connectivity index (χ0) is 22.5. The molecule has 7 heteroatoms. The number of pyridine rings is 1. The Bertz CT molecular complexity index is 909. The second-order valence-electron chi connectivity index (χ2n) is 8.73. The summed E-state index contributed by atoms with van der Waals surface area (Å²) in [4.78, 5) is 22.6. The number of likely N-dealkylation sites (tertiary alicyclic amines) is 1. The van der Waals surface area contributed by atoms with E-state index in [0.29, 0.717) is 22.4 Å². The molecule has 1 N–H and O–H groups in total. The molecule has 0 spiro atoms. The molecule has 2 fully saturated rings. The minimum atomic E-state index is -0.172. The zero-order valence-electron chi connectivity index (χ0n) is 19.0. The number of carbonyl (C=O) groups excluding carboxylic acids is 1. The summed E-state index contributed by atoms with van der Waals surface area (Å²) in [6.07, 6.45) is 6.65. The number of hydrogen-bond donors (Lipinski definition) is 1. The number of aromatic nitrogens is 1. The number of benzene rings is 1. The Labute approximate surface area is 200 Å². The third kappa shape index (κ3) is 5.59. The van der Waals surface area contributed by atoms with Gasteiger partial charge in [-0.05, 0) is 80.9 Å². The van der Waals surface area contributed by atoms with Crippen molar-refractivity contribution in [2.45, 2.75) is 51.6 Å². The average Bonchev–Trinajstić information content (AvgIpc) is 2.83. The van der Waals surface area contributed by atoms with Gasteiger partial charge in [0.2, 0.25) is 0 Å². The topological polar surface area (TPSA) is 48.5 Å². The molecule has 0 aliphatic carbocycles. The van der Waals surface area contributed by atoms with E-state index in [9.17, 15) is 4.79 Å². The Morgan fingerprint density at radius 3 is 2.59 bits per heavy atom. The fraction of sp³-hybridized carbons (Fsp3) is 0.520. The smallest absolute Gasteiger partial charge is 0.258 e. The van der Waals surface area contributed by atoms with E-state index in [4.69, 9.17) is 11.6 Å². The van der Waals surface area contributed by atoms with Crippen molar-refractivity contribution >= 4 is 40.8 Å². The molecule has 0 bridgehead atoms. The summed E-state index contributed by atoms with van der Waals surface area (Å²) in [5.41, 5.74) is 2.62. The Kier molecular flexibility index (Phi) is 7.98. The maximum Gasteiger partial charge on any atom is 0.258 e. The monoisotopic (exact) mass is 472 g/mol. The third-order valence-electron chi connectivity index (χ3n) is 6.65. The molecule has 0 radical (unpaired) electrons. The summed E-state index contributed by atoms with van der Waals surface area (Å²) in [5.74, 6) is 2.97.